The molecule has 0 aliphatic heterocycles. The lowest BCUT2D eigenvalue weighted by Gasteiger charge is -2.17. The van der Waals surface area contributed by atoms with E-state index in [0.29, 0.717) is 4.68 Å². The van der Waals surface area contributed by atoms with E-state index in [2.05, 4.69) is 19.9 Å². The lowest BCUT2D eigenvalue weighted by Crippen LogP contribution is -2.30. The SMILES string of the molecule is CCOC(=O)c1cnn(-c2ccc(C(=O)NC(CC(=O)OC)c3cccs3)cc2)c1C(F)(F)F. The van der Waals surface area contributed by atoms with Crippen LogP contribution in [0.15, 0.2) is 48.0 Å². The molecular formula is C22H20F3N3O5S. The molecule has 0 spiro atoms. The maximum Gasteiger partial charge on any atom is 0.434 e. The average molecular weight is 495 g/mol. The van der Waals surface area contributed by atoms with E-state index in [0.717, 1.165) is 11.1 Å². The molecule has 1 unspecified atom stereocenters. The molecular weight excluding hydrogens is 475 g/mol. The number of halogens is 3. The molecule has 12 heteroatoms. The van der Waals surface area contributed by atoms with E-state index >= 15 is 0 Å². The first-order valence-electron chi connectivity index (χ1n) is 9.99. The number of aromatic nitrogens is 2. The van der Waals surface area contributed by atoms with E-state index in [1.165, 1.54) is 49.6 Å². The van der Waals surface area contributed by atoms with Crippen molar-refractivity contribution >= 4 is 29.2 Å². The Hall–Kier alpha value is -3.67. The lowest BCUT2D eigenvalue weighted by molar-refractivity contribution is -0.143. The van der Waals surface area contributed by atoms with E-state index in [1.807, 2.05) is 0 Å². The third-order valence-electron chi connectivity index (χ3n) is 4.70. The van der Waals surface area contributed by atoms with Crippen LogP contribution in [0.2, 0.25) is 0 Å². The molecule has 0 saturated carbocycles. The lowest BCUT2D eigenvalue weighted by atomic mass is 10.1. The monoisotopic (exact) mass is 495 g/mol. The van der Waals surface area contributed by atoms with Gasteiger partial charge in [-0.1, -0.05) is 6.07 Å². The van der Waals surface area contributed by atoms with Crippen LogP contribution in [0.4, 0.5) is 13.2 Å². The van der Waals surface area contributed by atoms with Crippen molar-refractivity contribution in [1.82, 2.24) is 15.1 Å². The van der Waals surface area contributed by atoms with Crippen molar-refractivity contribution in [3.63, 3.8) is 0 Å². The Balaban J connectivity index is 1.85. The third kappa shape index (κ3) is 5.63. The van der Waals surface area contributed by atoms with Gasteiger partial charge in [-0.2, -0.15) is 18.3 Å². The predicted molar refractivity (Wildman–Crippen MR) is 116 cm³/mol. The summed E-state index contributed by atoms with van der Waals surface area (Å²) in [6.07, 6.45) is -4.17. The Bertz CT molecular complexity index is 1160. The minimum atomic E-state index is -4.88. The number of carbonyl (C=O) groups excluding carboxylic acids is 3. The molecule has 0 fully saturated rings. The van der Waals surface area contributed by atoms with E-state index in [1.54, 1.807) is 17.5 Å². The van der Waals surface area contributed by atoms with Gasteiger partial charge in [0.1, 0.15) is 5.56 Å². The van der Waals surface area contributed by atoms with Crippen molar-refractivity contribution in [2.24, 2.45) is 0 Å². The van der Waals surface area contributed by atoms with E-state index in [-0.39, 0.29) is 24.3 Å². The highest BCUT2D eigenvalue weighted by molar-refractivity contribution is 7.10. The number of rotatable bonds is 8. The van der Waals surface area contributed by atoms with Crippen molar-refractivity contribution in [3.05, 3.63) is 69.7 Å². The zero-order chi connectivity index (χ0) is 24.9. The molecule has 0 aliphatic carbocycles. The van der Waals surface area contributed by atoms with Crippen LogP contribution in [0.1, 0.15) is 50.7 Å². The summed E-state index contributed by atoms with van der Waals surface area (Å²) >= 11 is 1.35. The molecule has 2 aromatic heterocycles. The highest BCUT2D eigenvalue weighted by Crippen LogP contribution is 2.34. The van der Waals surface area contributed by atoms with Gasteiger partial charge in [-0.3, -0.25) is 9.59 Å². The second-order valence-electron chi connectivity index (χ2n) is 6.91. The number of esters is 2. The molecule has 0 aliphatic rings. The highest BCUT2D eigenvalue weighted by Gasteiger charge is 2.41. The van der Waals surface area contributed by atoms with Gasteiger partial charge in [0.25, 0.3) is 5.91 Å². The number of hydrogen-bond acceptors (Lipinski definition) is 7. The first-order valence-corrected chi connectivity index (χ1v) is 10.9. The van der Waals surface area contributed by atoms with Gasteiger partial charge in [-0.05, 0) is 42.6 Å². The Morgan fingerprint density at radius 1 is 1.18 bits per heavy atom. The molecule has 3 rings (SSSR count). The van der Waals surface area contributed by atoms with Crippen LogP contribution in [0.3, 0.4) is 0 Å². The number of amides is 1. The summed E-state index contributed by atoms with van der Waals surface area (Å²) in [7, 11) is 1.24. The van der Waals surface area contributed by atoms with Crippen LogP contribution in [0.5, 0.6) is 0 Å². The van der Waals surface area contributed by atoms with Gasteiger partial charge in [0, 0.05) is 10.4 Å². The van der Waals surface area contributed by atoms with Gasteiger partial charge in [-0.25, -0.2) is 9.48 Å². The number of ether oxygens (including phenoxy) is 2. The molecule has 1 aromatic carbocycles. The van der Waals surface area contributed by atoms with Gasteiger partial charge in [0.15, 0.2) is 5.69 Å². The first-order chi connectivity index (χ1) is 16.2. The normalized spacial score (nSPS) is 12.1. The minimum Gasteiger partial charge on any atom is -0.469 e. The molecule has 180 valence electrons. The number of nitrogens with zero attached hydrogens (tertiary/aromatic N) is 2. The van der Waals surface area contributed by atoms with Crippen molar-refractivity contribution in [2.75, 3.05) is 13.7 Å². The summed E-state index contributed by atoms with van der Waals surface area (Å²) in [5, 5.41) is 8.24. The van der Waals surface area contributed by atoms with Crippen molar-refractivity contribution in [1.29, 1.82) is 0 Å². The van der Waals surface area contributed by atoms with Crippen LogP contribution < -0.4 is 5.32 Å². The molecule has 8 nitrogen and oxygen atoms in total. The quantitative estimate of drug-likeness (QED) is 0.471. The van der Waals surface area contributed by atoms with Crippen LogP contribution in [0, 0.1) is 0 Å². The number of benzene rings is 1. The number of hydrogen-bond donors (Lipinski definition) is 1. The zero-order valence-electron chi connectivity index (χ0n) is 18.1. The van der Waals surface area contributed by atoms with E-state index in [9.17, 15) is 27.6 Å². The molecule has 34 heavy (non-hydrogen) atoms. The van der Waals surface area contributed by atoms with Gasteiger partial charge in [-0.15, -0.1) is 11.3 Å². The van der Waals surface area contributed by atoms with Gasteiger partial charge in [0.2, 0.25) is 0 Å². The molecule has 0 saturated heterocycles. The molecule has 1 atom stereocenters. The Kier molecular flexibility index (Phi) is 7.72. The Morgan fingerprint density at radius 2 is 1.88 bits per heavy atom. The van der Waals surface area contributed by atoms with Gasteiger partial charge >= 0.3 is 18.1 Å². The maximum absolute atomic E-state index is 13.7. The first kappa shape index (κ1) is 25.0. The van der Waals surface area contributed by atoms with Crippen molar-refractivity contribution in [2.45, 2.75) is 25.6 Å². The second kappa shape index (κ2) is 10.5. The van der Waals surface area contributed by atoms with Gasteiger partial charge < -0.3 is 14.8 Å². The van der Waals surface area contributed by atoms with Crippen LogP contribution in [-0.4, -0.2) is 41.3 Å². The summed E-state index contributed by atoms with van der Waals surface area (Å²) in [5.41, 5.74) is -1.85. The summed E-state index contributed by atoms with van der Waals surface area (Å²) in [6.45, 7) is 1.39. The Labute approximate surface area is 196 Å². The second-order valence-corrected chi connectivity index (χ2v) is 7.88. The number of thiophene rings is 1. The topological polar surface area (TPSA) is 99.5 Å². The van der Waals surface area contributed by atoms with Crippen molar-refractivity contribution in [3.8, 4) is 5.69 Å². The van der Waals surface area contributed by atoms with E-state index < -0.39 is 41.3 Å². The standard InChI is InChI=1S/C22H20F3N3O5S/c1-3-33-21(31)15-12-26-28(19(15)22(23,24)25)14-8-6-13(7-9-14)20(30)27-16(11-18(29)32-2)17-5-4-10-34-17/h4-10,12,16H,3,11H2,1-2H3,(H,27,30). The van der Waals surface area contributed by atoms with E-state index in [4.69, 9.17) is 0 Å². The predicted octanol–water partition coefficient (Wildman–Crippen LogP) is 4.16. The average Bonchev–Trinajstić information content (AvgIpc) is 3.49. The third-order valence-corrected chi connectivity index (χ3v) is 5.68. The van der Waals surface area contributed by atoms with Crippen LogP contribution in [0.25, 0.3) is 5.69 Å². The molecule has 1 amide bonds. The molecule has 2 heterocycles. The molecule has 0 radical (unpaired) electrons. The largest absolute Gasteiger partial charge is 0.469 e. The zero-order valence-corrected chi connectivity index (χ0v) is 18.9. The fourth-order valence-corrected chi connectivity index (χ4v) is 3.91. The summed E-state index contributed by atoms with van der Waals surface area (Å²) in [4.78, 5) is 37.2. The molecule has 0 bridgehead atoms. The fourth-order valence-electron chi connectivity index (χ4n) is 3.13. The smallest absolute Gasteiger partial charge is 0.434 e. The summed E-state index contributed by atoms with van der Waals surface area (Å²) < 4.78 is 51.0. The number of nitrogens with one attached hydrogen (secondary N) is 1. The number of carbonyl (C=O) groups is 3. The highest BCUT2D eigenvalue weighted by atomic mass is 32.1. The molecule has 1 N–H and O–H groups in total. The number of methoxy groups -OCH3 is 1. The van der Waals surface area contributed by atoms with Gasteiger partial charge in [0.05, 0.1) is 38.1 Å². The van der Waals surface area contributed by atoms with Crippen LogP contribution in [-0.2, 0) is 20.4 Å². The van der Waals surface area contributed by atoms with Crippen LogP contribution >= 0.6 is 11.3 Å². The fraction of sp³-hybridized carbons (Fsp3) is 0.273. The summed E-state index contributed by atoms with van der Waals surface area (Å²) in [6, 6.07) is 8.09. The Morgan fingerprint density at radius 3 is 2.44 bits per heavy atom. The number of alkyl halides is 3. The summed E-state index contributed by atoms with van der Waals surface area (Å²) in [5.74, 6) is -2.18. The molecule has 3 aromatic rings. The van der Waals surface area contributed by atoms with Crippen molar-refractivity contribution < 1.29 is 37.0 Å². The maximum atomic E-state index is 13.7. The minimum absolute atomic E-state index is 0.0104.